The number of methoxy groups -OCH3 is 1. The van der Waals surface area contributed by atoms with Crippen molar-refractivity contribution in [2.45, 2.75) is 70.8 Å². The smallest absolute Gasteiger partial charge is 0.338 e. The van der Waals surface area contributed by atoms with Gasteiger partial charge < -0.3 is 9.84 Å². The Morgan fingerprint density at radius 1 is 1.11 bits per heavy atom. The lowest BCUT2D eigenvalue weighted by molar-refractivity contribution is -0.147. The maximum Gasteiger partial charge on any atom is 0.338 e. The molecule has 0 radical (unpaired) electrons. The molecule has 0 heterocycles. The summed E-state index contributed by atoms with van der Waals surface area (Å²) in [7, 11) is 1.28. The first kappa shape index (κ1) is 17.2. The van der Waals surface area contributed by atoms with Crippen molar-refractivity contribution in [3.8, 4) is 0 Å². The van der Waals surface area contributed by atoms with Crippen LogP contribution in [0.1, 0.15) is 64.7 Å². The third-order valence-corrected chi connectivity index (χ3v) is 2.99. The molecule has 0 aliphatic rings. The predicted octanol–water partition coefficient (Wildman–Crippen LogP) is 3.61. The van der Waals surface area contributed by atoms with Crippen LogP contribution in [0.25, 0.3) is 0 Å². The SMILES string of the molecule is CCCCCCCCCC/C=C/C(O)C(=O)OC. The van der Waals surface area contributed by atoms with Gasteiger partial charge in [-0.1, -0.05) is 57.9 Å². The molecular weight excluding hydrogens is 228 g/mol. The van der Waals surface area contributed by atoms with Crippen LogP contribution in [0.3, 0.4) is 0 Å². The molecule has 0 fully saturated rings. The molecular formula is C15H28O3. The highest BCUT2D eigenvalue weighted by Crippen LogP contribution is 2.09. The normalized spacial score (nSPS) is 12.8. The summed E-state index contributed by atoms with van der Waals surface area (Å²) in [4.78, 5) is 10.9. The van der Waals surface area contributed by atoms with Gasteiger partial charge in [0.2, 0.25) is 0 Å². The van der Waals surface area contributed by atoms with Gasteiger partial charge in [0.05, 0.1) is 7.11 Å². The molecule has 0 spiro atoms. The molecule has 0 bridgehead atoms. The second-order valence-corrected chi connectivity index (χ2v) is 4.66. The molecule has 0 aliphatic heterocycles. The Balaban J connectivity index is 3.29. The lowest BCUT2D eigenvalue weighted by Gasteiger charge is -2.02. The number of aliphatic hydroxyl groups is 1. The van der Waals surface area contributed by atoms with E-state index in [0.29, 0.717) is 0 Å². The Hall–Kier alpha value is -0.830. The van der Waals surface area contributed by atoms with E-state index in [1.165, 1.54) is 58.1 Å². The van der Waals surface area contributed by atoms with Gasteiger partial charge in [0.25, 0.3) is 0 Å². The van der Waals surface area contributed by atoms with Crippen LogP contribution >= 0.6 is 0 Å². The van der Waals surface area contributed by atoms with Crippen LogP contribution in [0.2, 0.25) is 0 Å². The Labute approximate surface area is 111 Å². The van der Waals surface area contributed by atoms with E-state index < -0.39 is 12.1 Å². The van der Waals surface area contributed by atoms with E-state index in [0.717, 1.165) is 12.8 Å². The summed E-state index contributed by atoms with van der Waals surface area (Å²) in [5.41, 5.74) is 0. The molecule has 1 atom stereocenters. The van der Waals surface area contributed by atoms with Gasteiger partial charge >= 0.3 is 5.97 Å². The van der Waals surface area contributed by atoms with Crippen molar-refractivity contribution in [1.29, 1.82) is 0 Å². The number of ether oxygens (including phenoxy) is 1. The van der Waals surface area contributed by atoms with Crippen molar-refractivity contribution in [3.05, 3.63) is 12.2 Å². The van der Waals surface area contributed by atoms with E-state index in [1.54, 1.807) is 0 Å². The quantitative estimate of drug-likeness (QED) is 0.349. The molecule has 0 rings (SSSR count). The molecule has 3 heteroatoms. The topological polar surface area (TPSA) is 46.5 Å². The molecule has 0 amide bonds. The standard InChI is InChI=1S/C15H28O3/c1-3-4-5-6-7-8-9-10-11-12-13-14(16)15(17)18-2/h12-14,16H,3-11H2,1-2H3/b13-12+. The van der Waals surface area contributed by atoms with Crippen molar-refractivity contribution in [2.75, 3.05) is 7.11 Å². The van der Waals surface area contributed by atoms with Crippen LogP contribution in [-0.2, 0) is 9.53 Å². The van der Waals surface area contributed by atoms with Crippen molar-refractivity contribution < 1.29 is 14.6 Å². The molecule has 18 heavy (non-hydrogen) atoms. The fraction of sp³-hybridized carbons (Fsp3) is 0.800. The molecule has 1 unspecified atom stereocenters. The number of hydrogen-bond acceptors (Lipinski definition) is 3. The van der Waals surface area contributed by atoms with E-state index in [9.17, 15) is 9.90 Å². The molecule has 0 saturated carbocycles. The number of rotatable bonds is 11. The minimum atomic E-state index is -1.11. The third kappa shape index (κ3) is 10.3. The molecule has 0 aromatic heterocycles. The zero-order valence-corrected chi connectivity index (χ0v) is 11.9. The molecule has 0 aromatic rings. The maximum atomic E-state index is 10.9. The average molecular weight is 256 g/mol. The summed E-state index contributed by atoms with van der Waals surface area (Å²) in [6, 6.07) is 0. The number of unbranched alkanes of at least 4 members (excludes halogenated alkanes) is 8. The summed E-state index contributed by atoms with van der Waals surface area (Å²) < 4.78 is 4.41. The molecule has 3 nitrogen and oxygen atoms in total. The second-order valence-electron chi connectivity index (χ2n) is 4.66. The van der Waals surface area contributed by atoms with Gasteiger partial charge in [-0.25, -0.2) is 4.79 Å². The summed E-state index contributed by atoms with van der Waals surface area (Å²) in [6.07, 6.45) is 13.5. The highest BCUT2D eigenvalue weighted by Gasteiger charge is 2.09. The molecule has 0 aromatic carbocycles. The van der Waals surface area contributed by atoms with Crippen molar-refractivity contribution >= 4 is 5.97 Å². The van der Waals surface area contributed by atoms with E-state index in [2.05, 4.69) is 11.7 Å². The predicted molar refractivity (Wildman–Crippen MR) is 74.4 cm³/mol. The van der Waals surface area contributed by atoms with Gasteiger partial charge in [-0.05, 0) is 18.9 Å². The fourth-order valence-electron chi connectivity index (χ4n) is 1.82. The number of allylic oxidation sites excluding steroid dienone is 1. The Bertz CT molecular complexity index is 224. The molecule has 106 valence electrons. The Morgan fingerprint density at radius 2 is 1.67 bits per heavy atom. The molecule has 0 aliphatic carbocycles. The number of carbonyl (C=O) groups excluding carboxylic acids is 1. The van der Waals surface area contributed by atoms with Crippen LogP contribution in [0, 0.1) is 0 Å². The first-order chi connectivity index (χ1) is 8.72. The van der Waals surface area contributed by atoms with E-state index >= 15 is 0 Å². The van der Waals surface area contributed by atoms with Crippen LogP contribution in [0.5, 0.6) is 0 Å². The van der Waals surface area contributed by atoms with Crippen molar-refractivity contribution in [3.63, 3.8) is 0 Å². The summed E-state index contributed by atoms with van der Waals surface area (Å²) >= 11 is 0. The van der Waals surface area contributed by atoms with E-state index in [-0.39, 0.29) is 0 Å². The monoisotopic (exact) mass is 256 g/mol. The lowest BCUT2D eigenvalue weighted by atomic mass is 10.1. The van der Waals surface area contributed by atoms with E-state index in [1.807, 2.05) is 6.08 Å². The molecule has 0 saturated heterocycles. The number of aliphatic hydroxyl groups excluding tert-OH is 1. The van der Waals surface area contributed by atoms with E-state index in [4.69, 9.17) is 0 Å². The third-order valence-electron chi connectivity index (χ3n) is 2.99. The van der Waals surface area contributed by atoms with Gasteiger partial charge in [0.15, 0.2) is 6.10 Å². The zero-order chi connectivity index (χ0) is 13.6. The number of hydrogen-bond donors (Lipinski definition) is 1. The fourth-order valence-corrected chi connectivity index (χ4v) is 1.82. The Kier molecular flexibility index (Phi) is 12.0. The maximum absolute atomic E-state index is 10.9. The summed E-state index contributed by atoms with van der Waals surface area (Å²) in [6.45, 7) is 2.23. The largest absolute Gasteiger partial charge is 0.467 e. The first-order valence-electron chi connectivity index (χ1n) is 7.15. The number of carbonyl (C=O) groups is 1. The lowest BCUT2D eigenvalue weighted by Crippen LogP contribution is -2.18. The minimum Gasteiger partial charge on any atom is -0.467 e. The number of esters is 1. The van der Waals surface area contributed by atoms with Crippen LogP contribution in [0.15, 0.2) is 12.2 Å². The highest BCUT2D eigenvalue weighted by atomic mass is 16.5. The zero-order valence-electron chi connectivity index (χ0n) is 11.9. The summed E-state index contributed by atoms with van der Waals surface area (Å²) in [5, 5.41) is 9.28. The highest BCUT2D eigenvalue weighted by molar-refractivity contribution is 5.76. The minimum absolute atomic E-state index is 0.595. The van der Waals surface area contributed by atoms with Crippen LogP contribution < -0.4 is 0 Å². The van der Waals surface area contributed by atoms with Crippen LogP contribution in [-0.4, -0.2) is 24.3 Å². The van der Waals surface area contributed by atoms with Gasteiger partial charge in [-0.15, -0.1) is 0 Å². The summed E-state index contributed by atoms with van der Waals surface area (Å²) in [5.74, 6) is -0.595. The Morgan fingerprint density at radius 3 is 2.22 bits per heavy atom. The van der Waals surface area contributed by atoms with Crippen molar-refractivity contribution in [1.82, 2.24) is 0 Å². The van der Waals surface area contributed by atoms with Crippen LogP contribution in [0.4, 0.5) is 0 Å². The van der Waals surface area contributed by atoms with Gasteiger partial charge in [0.1, 0.15) is 0 Å². The van der Waals surface area contributed by atoms with Gasteiger partial charge in [0, 0.05) is 0 Å². The van der Waals surface area contributed by atoms with Gasteiger partial charge in [-0.2, -0.15) is 0 Å². The molecule has 1 N–H and O–H groups in total. The first-order valence-corrected chi connectivity index (χ1v) is 7.15. The van der Waals surface area contributed by atoms with Gasteiger partial charge in [-0.3, -0.25) is 0 Å². The average Bonchev–Trinajstić information content (AvgIpc) is 2.39. The van der Waals surface area contributed by atoms with Crippen molar-refractivity contribution in [2.24, 2.45) is 0 Å². The second kappa shape index (κ2) is 12.6.